The minimum atomic E-state index is 0.168. The van der Waals surface area contributed by atoms with E-state index >= 15 is 0 Å². The van der Waals surface area contributed by atoms with E-state index in [0.29, 0.717) is 23.7 Å². The van der Waals surface area contributed by atoms with Gasteiger partial charge in [0, 0.05) is 17.5 Å². The molecule has 166 valence electrons. The van der Waals surface area contributed by atoms with Gasteiger partial charge in [-0.1, -0.05) is 59.9 Å². The zero-order chi connectivity index (χ0) is 21.7. The molecule has 7 unspecified atom stereocenters. The molecule has 7 atom stereocenters. The second-order valence-corrected chi connectivity index (χ2v) is 10.8. The van der Waals surface area contributed by atoms with Crippen molar-refractivity contribution in [2.24, 2.45) is 28.3 Å². The van der Waals surface area contributed by atoms with Crippen LogP contribution in [0.25, 0.3) is 0 Å². The van der Waals surface area contributed by atoms with E-state index in [4.69, 9.17) is 0 Å². The summed E-state index contributed by atoms with van der Waals surface area (Å²) in [6, 6.07) is 7.52. The Bertz CT molecular complexity index is 791. The molecule has 1 aromatic carbocycles. The van der Waals surface area contributed by atoms with Gasteiger partial charge in [0.1, 0.15) is 5.69 Å². The topological polar surface area (TPSA) is 32.7 Å². The van der Waals surface area contributed by atoms with Crippen LogP contribution in [0.2, 0.25) is 0 Å². The van der Waals surface area contributed by atoms with Gasteiger partial charge in [-0.3, -0.25) is 4.90 Å². The first-order chi connectivity index (χ1) is 14.4. The van der Waals surface area contributed by atoms with Gasteiger partial charge in [0.2, 0.25) is 0 Å². The van der Waals surface area contributed by atoms with Gasteiger partial charge in [-0.15, -0.1) is 4.91 Å². The minimum absolute atomic E-state index is 0.168. The normalized spacial score (nSPS) is 36.9. The molecule has 0 aromatic heterocycles. The predicted octanol–water partition coefficient (Wildman–Crippen LogP) is 7.24. The summed E-state index contributed by atoms with van der Waals surface area (Å²) in [5.74, 6) is 2.21. The van der Waals surface area contributed by atoms with Gasteiger partial charge in [-0.25, -0.2) is 0 Å². The molecule has 2 aliphatic carbocycles. The van der Waals surface area contributed by atoms with Gasteiger partial charge in [-0.2, -0.15) is 0 Å². The van der Waals surface area contributed by atoms with Gasteiger partial charge < -0.3 is 0 Å². The van der Waals surface area contributed by atoms with E-state index in [9.17, 15) is 4.91 Å². The number of hydrogen-bond acceptors (Lipinski definition) is 3. The average Bonchev–Trinajstić information content (AvgIpc) is 3.31. The maximum atomic E-state index is 11.5. The third-order valence-electron chi connectivity index (χ3n) is 9.90. The van der Waals surface area contributed by atoms with Gasteiger partial charge >= 0.3 is 0 Å². The van der Waals surface area contributed by atoms with Crippen molar-refractivity contribution in [2.75, 3.05) is 6.54 Å². The van der Waals surface area contributed by atoms with E-state index in [-0.39, 0.29) is 10.8 Å². The van der Waals surface area contributed by atoms with E-state index in [2.05, 4.69) is 63.8 Å². The van der Waals surface area contributed by atoms with E-state index in [1.807, 2.05) is 6.07 Å². The van der Waals surface area contributed by atoms with E-state index in [1.165, 1.54) is 56.2 Å². The van der Waals surface area contributed by atoms with Crippen molar-refractivity contribution in [3.05, 3.63) is 34.2 Å². The standard InChI is InChI=1S/C27H42N2O/c1-7-10-22(18(4)9-3)23-13-14-26(6)19(5)29(15-8-2)25-16-20-11-12-21(28-30)17-24(20)27(23,25)26/h11-12,17-19,22-23,25H,7-10,13-16H2,1-6H3. The number of nitrogens with zero attached hydrogens (tertiary/aromatic N) is 2. The Kier molecular flexibility index (Phi) is 5.89. The molecule has 2 fully saturated rings. The SMILES string of the molecule is CCCC(C(C)CC)C1CCC2(C)C(C)N(CCC)C3Cc4ccc(N=O)cc4C132. The van der Waals surface area contributed by atoms with Crippen molar-refractivity contribution in [1.29, 1.82) is 0 Å². The van der Waals surface area contributed by atoms with Crippen molar-refractivity contribution in [2.45, 2.75) is 104 Å². The highest BCUT2D eigenvalue weighted by molar-refractivity contribution is 5.56. The Balaban J connectivity index is 1.94. The highest BCUT2D eigenvalue weighted by Gasteiger charge is 2.73. The van der Waals surface area contributed by atoms with Crippen molar-refractivity contribution >= 4 is 5.69 Å². The van der Waals surface area contributed by atoms with Crippen LogP contribution in [0.1, 0.15) is 91.2 Å². The first kappa shape index (κ1) is 22.0. The zero-order valence-electron chi connectivity index (χ0n) is 20.1. The van der Waals surface area contributed by atoms with Crippen LogP contribution in [0.15, 0.2) is 23.4 Å². The fourth-order valence-electron chi connectivity index (χ4n) is 8.43. The van der Waals surface area contributed by atoms with Gasteiger partial charge in [0.25, 0.3) is 0 Å². The molecular formula is C27H42N2O. The van der Waals surface area contributed by atoms with Crippen LogP contribution in [-0.2, 0) is 11.8 Å². The van der Waals surface area contributed by atoms with Crippen molar-refractivity contribution in [3.63, 3.8) is 0 Å². The van der Waals surface area contributed by atoms with E-state index in [0.717, 1.165) is 18.3 Å². The molecule has 1 saturated carbocycles. The quantitative estimate of drug-likeness (QED) is 0.423. The predicted molar refractivity (Wildman–Crippen MR) is 126 cm³/mol. The molecule has 3 nitrogen and oxygen atoms in total. The molecule has 1 heterocycles. The first-order valence-corrected chi connectivity index (χ1v) is 12.6. The summed E-state index contributed by atoms with van der Waals surface area (Å²) in [7, 11) is 0. The number of fused-ring (bicyclic) bond motifs is 1. The zero-order valence-corrected chi connectivity index (χ0v) is 20.1. The number of rotatable bonds is 8. The third-order valence-corrected chi connectivity index (χ3v) is 9.90. The maximum Gasteiger partial charge on any atom is 0.108 e. The summed E-state index contributed by atoms with van der Waals surface area (Å²) < 4.78 is 0. The molecule has 1 saturated heterocycles. The molecular weight excluding hydrogens is 368 g/mol. The lowest BCUT2D eigenvalue weighted by molar-refractivity contribution is 0.0882. The fraction of sp³-hybridized carbons (Fsp3) is 0.778. The Morgan fingerprint density at radius 2 is 2.00 bits per heavy atom. The van der Waals surface area contributed by atoms with Crippen LogP contribution in [0, 0.1) is 28.1 Å². The molecule has 4 rings (SSSR count). The van der Waals surface area contributed by atoms with Gasteiger partial charge in [0.05, 0.1) is 0 Å². The minimum Gasteiger partial charge on any atom is -0.296 e. The lowest BCUT2D eigenvalue weighted by Gasteiger charge is -2.48. The molecule has 3 aliphatic rings. The Morgan fingerprint density at radius 3 is 2.63 bits per heavy atom. The van der Waals surface area contributed by atoms with Gasteiger partial charge in [0.15, 0.2) is 0 Å². The molecule has 0 bridgehead atoms. The van der Waals surface area contributed by atoms with Crippen LogP contribution in [0.3, 0.4) is 0 Å². The Hall–Kier alpha value is -1.22. The molecule has 0 amide bonds. The summed E-state index contributed by atoms with van der Waals surface area (Å²) in [6.45, 7) is 15.8. The lowest BCUT2D eigenvalue weighted by Crippen LogP contribution is -2.50. The number of hydrogen-bond donors (Lipinski definition) is 0. The lowest BCUT2D eigenvalue weighted by atomic mass is 9.55. The molecule has 0 N–H and O–H groups in total. The number of nitroso groups, excluding NO2 is 1. The molecule has 1 aliphatic heterocycles. The average molecular weight is 411 g/mol. The molecule has 30 heavy (non-hydrogen) atoms. The summed E-state index contributed by atoms with van der Waals surface area (Å²) in [6.07, 6.45) is 8.85. The summed E-state index contributed by atoms with van der Waals surface area (Å²) in [5.41, 5.74) is 4.03. The Morgan fingerprint density at radius 1 is 1.23 bits per heavy atom. The van der Waals surface area contributed by atoms with Crippen LogP contribution in [-0.4, -0.2) is 23.5 Å². The number of likely N-dealkylation sites (tertiary alicyclic amines) is 1. The molecule has 1 aromatic rings. The van der Waals surface area contributed by atoms with Crippen LogP contribution >= 0.6 is 0 Å². The van der Waals surface area contributed by atoms with Crippen molar-refractivity contribution in [1.82, 2.24) is 4.90 Å². The van der Waals surface area contributed by atoms with E-state index in [1.54, 1.807) is 0 Å². The van der Waals surface area contributed by atoms with Crippen LogP contribution in [0.4, 0.5) is 5.69 Å². The fourth-order valence-corrected chi connectivity index (χ4v) is 8.43. The maximum absolute atomic E-state index is 11.5. The van der Waals surface area contributed by atoms with Crippen molar-refractivity contribution < 1.29 is 0 Å². The molecule has 0 radical (unpaired) electrons. The molecule has 3 heteroatoms. The largest absolute Gasteiger partial charge is 0.296 e. The van der Waals surface area contributed by atoms with Crippen LogP contribution in [0.5, 0.6) is 0 Å². The third kappa shape index (κ3) is 2.73. The highest BCUT2D eigenvalue weighted by atomic mass is 16.3. The highest BCUT2D eigenvalue weighted by Crippen LogP contribution is 2.72. The van der Waals surface area contributed by atoms with E-state index < -0.39 is 0 Å². The summed E-state index contributed by atoms with van der Waals surface area (Å²) in [4.78, 5) is 14.4. The number of benzene rings is 1. The van der Waals surface area contributed by atoms with Gasteiger partial charge in [-0.05, 0) is 90.8 Å². The Labute approximate surface area is 184 Å². The monoisotopic (exact) mass is 410 g/mol. The van der Waals surface area contributed by atoms with Crippen molar-refractivity contribution in [3.8, 4) is 0 Å². The molecule has 1 spiro atoms. The summed E-state index contributed by atoms with van der Waals surface area (Å²) >= 11 is 0. The second-order valence-electron chi connectivity index (χ2n) is 10.8. The second kappa shape index (κ2) is 8.04. The first-order valence-electron chi connectivity index (χ1n) is 12.6. The smallest absolute Gasteiger partial charge is 0.108 e. The van der Waals surface area contributed by atoms with Crippen LogP contribution < -0.4 is 0 Å². The summed E-state index contributed by atoms with van der Waals surface area (Å²) in [5, 5.41) is 3.36.